The number of rotatable bonds is 5. The summed E-state index contributed by atoms with van der Waals surface area (Å²) < 4.78 is 1.53. The quantitative estimate of drug-likeness (QED) is 0.391. The first-order valence-corrected chi connectivity index (χ1v) is 10.4. The molecule has 0 saturated carbocycles. The fraction of sp³-hybridized carbons (Fsp3) is 0.130. The number of nitrogens with zero attached hydrogens (tertiary/aromatic N) is 3. The van der Waals surface area contributed by atoms with Crippen molar-refractivity contribution < 1.29 is 4.79 Å². The number of aromatic nitrogens is 3. The SMILES string of the molecule is Cc1ccc(C)c(NC(=O)CSc2nc3ncccc3c(=O)n2-c2ccccc2)c1. The normalized spacial score (nSPS) is 10.9. The summed E-state index contributed by atoms with van der Waals surface area (Å²) in [6.07, 6.45) is 1.60. The Morgan fingerprint density at radius 2 is 1.87 bits per heavy atom. The van der Waals surface area contributed by atoms with Crippen molar-refractivity contribution in [1.82, 2.24) is 14.5 Å². The van der Waals surface area contributed by atoms with Crippen LogP contribution in [0.1, 0.15) is 11.1 Å². The molecule has 0 saturated heterocycles. The maximum absolute atomic E-state index is 13.1. The minimum atomic E-state index is -0.211. The Labute approximate surface area is 178 Å². The molecule has 4 aromatic rings. The predicted octanol–water partition coefficient (Wildman–Crippen LogP) is 4.13. The Morgan fingerprint density at radius 3 is 2.67 bits per heavy atom. The largest absolute Gasteiger partial charge is 0.325 e. The van der Waals surface area contributed by atoms with E-state index in [4.69, 9.17) is 0 Å². The van der Waals surface area contributed by atoms with Gasteiger partial charge in [0.1, 0.15) is 0 Å². The van der Waals surface area contributed by atoms with Gasteiger partial charge in [-0.05, 0) is 55.3 Å². The molecule has 0 fully saturated rings. The first-order valence-electron chi connectivity index (χ1n) is 9.46. The molecule has 4 rings (SSSR count). The van der Waals surface area contributed by atoms with E-state index in [2.05, 4.69) is 15.3 Å². The zero-order valence-electron chi connectivity index (χ0n) is 16.6. The van der Waals surface area contributed by atoms with E-state index >= 15 is 0 Å². The predicted molar refractivity (Wildman–Crippen MR) is 120 cm³/mol. The maximum Gasteiger partial charge on any atom is 0.268 e. The Morgan fingerprint density at radius 1 is 1.07 bits per heavy atom. The highest BCUT2D eigenvalue weighted by Crippen LogP contribution is 2.22. The topological polar surface area (TPSA) is 76.9 Å². The van der Waals surface area contributed by atoms with Crippen molar-refractivity contribution in [1.29, 1.82) is 0 Å². The summed E-state index contributed by atoms with van der Waals surface area (Å²) in [4.78, 5) is 34.5. The lowest BCUT2D eigenvalue weighted by Crippen LogP contribution is -2.23. The number of pyridine rings is 1. The lowest BCUT2D eigenvalue weighted by atomic mass is 10.1. The van der Waals surface area contributed by atoms with Crippen molar-refractivity contribution in [2.75, 3.05) is 11.1 Å². The number of hydrogen-bond acceptors (Lipinski definition) is 5. The van der Waals surface area contributed by atoms with Gasteiger partial charge in [0.05, 0.1) is 16.8 Å². The molecule has 2 aromatic heterocycles. The summed E-state index contributed by atoms with van der Waals surface area (Å²) in [6, 6.07) is 18.6. The number of nitrogens with one attached hydrogen (secondary N) is 1. The number of fused-ring (bicyclic) bond motifs is 1. The van der Waals surface area contributed by atoms with E-state index in [1.54, 1.807) is 18.3 Å². The second kappa shape index (κ2) is 8.51. The Bertz CT molecular complexity index is 1290. The van der Waals surface area contributed by atoms with E-state index in [0.717, 1.165) is 16.8 Å². The third-order valence-electron chi connectivity index (χ3n) is 4.63. The van der Waals surface area contributed by atoms with Gasteiger partial charge in [0.15, 0.2) is 10.8 Å². The van der Waals surface area contributed by atoms with Gasteiger partial charge in [-0.2, -0.15) is 0 Å². The standard InChI is InChI=1S/C23H20N4O2S/c1-15-10-11-16(2)19(13-15)25-20(28)14-30-23-26-21-18(9-6-12-24-21)22(29)27(23)17-7-4-3-5-8-17/h3-13H,14H2,1-2H3,(H,25,28). The molecule has 0 bridgehead atoms. The maximum atomic E-state index is 13.1. The number of carbonyl (C=O) groups is 1. The van der Waals surface area contributed by atoms with Crippen molar-refractivity contribution in [2.45, 2.75) is 19.0 Å². The zero-order valence-corrected chi connectivity index (χ0v) is 17.4. The number of anilines is 1. The number of amides is 1. The van der Waals surface area contributed by atoms with Gasteiger partial charge in [0.2, 0.25) is 5.91 Å². The number of aryl methyl sites for hydroxylation is 2. The summed E-state index contributed by atoms with van der Waals surface area (Å²) in [5, 5.41) is 3.80. The molecule has 0 spiro atoms. The van der Waals surface area contributed by atoms with Gasteiger partial charge in [0, 0.05) is 11.9 Å². The monoisotopic (exact) mass is 416 g/mol. The number of para-hydroxylation sites is 1. The minimum absolute atomic E-state index is 0.116. The Balaban J connectivity index is 1.66. The fourth-order valence-corrected chi connectivity index (χ4v) is 3.89. The van der Waals surface area contributed by atoms with Crippen LogP contribution in [-0.4, -0.2) is 26.2 Å². The number of thioether (sulfide) groups is 1. The molecular formula is C23H20N4O2S. The minimum Gasteiger partial charge on any atom is -0.325 e. The molecule has 1 amide bonds. The molecule has 0 radical (unpaired) electrons. The molecule has 0 unspecified atom stereocenters. The van der Waals surface area contributed by atoms with E-state index in [1.807, 2.05) is 62.4 Å². The van der Waals surface area contributed by atoms with Crippen molar-refractivity contribution in [3.8, 4) is 5.69 Å². The second-order valence-electron chi connectivity index (χ2n) is 6.90. The molecule has 2 aromatic carbocycles. The lowest BCUT2D eigenvalue weighted by Gasteiger charge is -2.13. The van der Waals surface area contributed by atoms with Gasteiger partial charge in [-0.1, -0.05) is 42.1 Å². The molecule has 6 nitrogen and oxygen atoms in total. The van der Waals surface area contributed by atoms with Gasteiger partial charge in [-0.15, -0.1) is 0 Å². The van der Waals surface area contributed by atoms with Crippen LogP contribution in [0.2, 0.25) is 0 Å². The Kier molecular flexibility index (Phi) is 5.63. The van der Waals surface area contributed by atoms with Crippen molar-refractivity contribution in [3.05, 3.63) is 88.3 Å². The summed E-state index contributed by atoms with van der Waals surface area (Å²) in [5.41, 5.74) is 3.70. The molecule has 0 aliphatic rings. The van der Waals surface area contributed by atoms with Crippen LogP contribution in [0.15, 0.2) is 76.8 Å². The molecule has 0 aliphatic carbocycles. The third-order valence-corrected chi connectivity index (χ3v) is 5.57. The van der Waals surface area contributed by atoms with Gasteiger partial charge in [0.25, 0.3) is 5.56 Å². The summed E-state index contributed by atoms with van der Waals surface area (Å²) >= 11 is 1.21. The van der Waals surface area contributed by atoms with Crippen LogP contribution in [0.5, 0.6) is 0 Å². The first kappa shape index (κ1) is 19.8. The van der Waals surface area contributed by atoms with Crippen LogP contribution in [-0.2, 0) is 4.79 Å². The molecule has 150 valence electrons. The highest BCUT2D eigenvalue weighted by molar-refractivity contribution is 7.99. The zero-order chi connectivity index (χ0) is 21.1. The molecule has 7 heteroatoms. The number of benzene rings is 2. The molecule has 0 aliphatic heterocycles. The average Bonchev–Trinajstić information content (AvgIpc) is 2.75. The summed E-state index contributed by atoms with van der Waals surface area (Å²) in [6.45, 7) is 3.93. The third kappa shape index (κ3) is 4.11. The first-order chi connectivity index (χ1) is 14.5. The van der Waals surface area contributed by atoms with Crippen LogP contribution < -0.4 is 10.9 Å². The summed E-state index contributed by atoms with van der Waals surface area (Å²) in [5.74, 6) is -0.0472. The van der Waals surface area contributed by atoms with Crippen molar-refractivity contribution >= 4 is 34.4 Å². The van der Waals surface area contributed by atoms with E-state index in [-0.39, 0.29) is 17.2 Å². The van der Waals surface area contributed by atoms with Crippen molar-refractivity contribution in [2.24, 2.45) is 0 Å². The lowest BCUT2D eigenvalue weighted by molar-refractivity contribution is -0.113. The second-order valence-corrected chi connectivity index (χ2v) is 7.84. The molecular weight excluding hydrogens is 396 g/mol. The number of hydrogen-bond donors (Lipinski definition) is 1. The Hall–Kier alpha value is -3.45. The number of carbonyl (C=O) groups excluding carboxylic acids is 1. The van der Waals surface area contributed by atoms with E-state index in [1.165, 1.54) is 16.3 Å². The van der Waals surface area contributed by atoms with Crippen molar-refractivity contribution in [3.63, 3.8) is 0 Å². The van der Waals surface area contributed by atoms with E-state index in [9.17, 15) is 9.59 Å². The highest BCUT2D eigenvalue weighted by Gasteiger charge is 2.15. The van der Waals surface area contributed by atoms with Crippen LogP contribution in [0.25, 0.3) is 16.7 Å². The molecule has 1 N–H and O–H groups in total. The van der Waals surface area contributed by atoms with Gasteiger partial charge < -0.3 is 5.32 Å². The van der Waals surface area contributed by atoms with E-state index < -0.39 is 0 Å². The van der Waals surface area contributed by atoms with Gasteiger partial charge in [-0.25, -0.2) is 9.97 Å². The highest BCUT2D eigenvalue weighted by atomic mass is 32.2. The average molecular weight is 417 g/mol. The van der Waals surface area contributed by atoms with Gasteiger partial charge >= 0.3 is 0 Å². The summed E-state index contributed by atoms with van der Waals surface area (Å²) in [7, 11) is 0. The smallest absolute Gasteiger partial charge is 0.268 e. The van der Waals surface area contributed by atoms with Crippen LogP contribution >= 0.6 is 11.8 Å². The van der Waals surface area contributed by atoms with Crippen LogP contribution in [0, 0.1) is 13.8 Å². The molecule has 30 heavy (non-hydrogen) atoms. The molecule has 0 atom stereocenters. The van der Waals surface area contributed by atoms with E-state index in [0.29, 0.717) is 21.9 Å². The molecule has 2 heterocycles. The van der Waals surface area contributed by atoms with Gasteiger partial charge in [-0.3, -0.25) is 14.2 Å². The van der Waals surface area contributed by atoms with Crippen LogP contribution in [0.4, 0.5) is 5.69 Å². The fourth-order valence-electron chi connectivity index (χ4n) is 3.09. The van der Waals surface area contributed by atoms with Crippen LogP contribution in [0.3, 0.4) is 0 Å².